The molecule has 1 fully saturated rings. The number of fused-ring (bicyclic) bond motifs is 1. The van der Waals surface area contributed by atoms with Gasteiger partial charge in [0.1, 0.15) is 17.8 Å². The Balaban J connectivity index is 1.38. The van der Waals surface area contributed by atoms with Crippen LogP contribution in [0.4, 0.5) is 4.39 Å². The maximum Gasteiger partial charge on any atom is 0.273 e. The Bertz CT molecular complexity index is 1270. The zero-order chi connectivity index (χ0) is 24.4. The third kappa shape index (κ3) is 4.96. The summed E-state index contributed by atoms with van der Waals surface area (Å²) in [4.78, 5) is 31.1. The number of ether oxygens (including phenoxy) is 1. The van der Waals surface area contributed by atoms with E-state index in [0.717, 1.165) is 36.0 Å². The number of carbonyl (C=O) groups is 2. The first-order valence-electron chi connectivity index (χ1n) is 11.7. The first-order chi connectivity index (χ1) is 17.0. The zero-order valence-electron chi connectivity index (χ0n) is 19.2. The Morgan fingerprint density at radius 1 is 1.26 bits per heavy atom. The molecule has 0 spiro atoms. The molecule has 1 aliphatic heterocycles. The molecule has 2 aliphatic rings. The maximum atomic E-state index is 14.1. The molecule has 2 amide bonds. The molecular weight excluding hydrogens is 449 g/mol. The van der Waals surface area contributed by atoms with E-state index >= 15 is 0 Å². The van der Waals surface area contributed by atoms with E-state index < -0.39 is 0 Å². The summed E-state index contributed by atoms with van der Waals surface area (Å²) in [5.41, 5.74) is 2.92. The van der Waals surface area contributed by atoms with E-state index in [1.54, 1.807) is 12.1 Å². The molecule has 8 heteroatoms. The number of halogens is 1. The minimum atomic E-state index is -0.381. The van der Waals surface area contributed by atoms with Crippen molar-refractivity contribution in [3.05, 3.63) is 95.5 Å². The third-order valence-corrected chi connectivity index (χ3v) is 6.27. The van der Waals surface area contributed by atoms with Crippen LogP contribution in [-0.2, 0) is 17.8 Å². The Labute approximate surface area is 202 Å². The lowest BCUT2D eigenvalue weighted by Crippen LogP contribution is -2.41. The minimum Gasteiger partial charge on any atom is -0.484 e. The summed E-state index contributed by atoms with van der Waals surface area (Å²) in [5, 5.41) is 2.64. The molecule has 1 unspecified atom stereocenters. The maximum absolute atomic E-state index is 14.1. The number of amides is 2. The van der Waals surface area contributed by atoms with E-state index in [-0.39, 0.29) is 47.8 Å². The van der Waals surface area contributed by atoms with Gasteiger partial charge in [-0.3, -0.25) is 9.59 Å². The summed E-state index contributed by atoms with van der Waals surface area (Å²) in [6, 6.07) is 11.8. The van der Waals surface area contributed by atoms with E-state index in [2.05, 4.69) is 16.9 Å². The van der Waals surface area contributed by atoms with Gasteiger partial charge in [0.15, 0.2) is 12.3 Å². The summed E-state index contributed by atoms with van der Waals surface area (Å²) in [6.07, 6.45) is 5.40. The van der Waals surface area contributed by atoms with Gasteiger partial charge < -0.3 is 19.4 Å². The Morgan fingerprint density at radius 2 is 2.11 bits per heavy atom. The van der Waals surface area contributed by atoms with Crippen molar-refractivity contribution in [2.24, 2.45) is 5.92 Å². The van der Waals surface area contributed by atoms with Gasteiger partial charge in [-0.2, -0.15) is 0 Å². The molecule has 180 valence electrons. The molecule has 3 aromatic rings. The van der Waals surface area contributed by atoms with Crippen molar-refractivity contribution in [2.45, 2.75) is 31.9 Å². The standard InChI is InChI=1S/C27H26FN3O4/c1-2-11-29-26(32)23-15-35-24(30-23)16-34-21-9-8-17-10-12-31(27(33)18-6-7-18)25(22(17)14-21)19-4-3-5-20(28)13-19/h2-5,8-9,13-15,18,25H,1,6-7,10-12,16H2,(H,29,32). The summed E-state index contributed by atoms with van der Waals surface area (Å²) >= 11 is 0. The highest BCUT2D eigenvalue weighted by Crippen LogP contribution is 2.41. The molecule has 5 rings (SSSR count). The molecule has 7 nitrogen and oxygen atoms in total. The van der Waals surface area contributed by atoms with E-state index in [9.17, 15) is 14.0 Å². The highest BCUT2D eigenvalue weighted by molar-refractivity contribution is 5.91. The van der Waals surface area contributed by atoms with Gasteiger partial charge in [0.25, 0.3) is 5.91 Å². The Hall–Kier alpha value is -3.94. The fraction of sp³-hybridized carbons (Fsp3) is 0.296. The fourth-order valence-electron chi connectivity index (χ4n) is 4.40. The predicted molar refractivity (Wildman–Crippen MR) is 126 cm³/mol. The van der Waals surface area contributed by atoms with Gasteiger partial charge in [0.2, 0.25) is 11.8 Å². The van der Waals surface area contributed by atoms with E-state index in [0.29, 0.717) is 18.8 Å². The number of rotatable bonds is 8. The van der Waals surface area contributed by atoms with Crippen LogP contribution in [0.3, 0.4) is 0 Å². The van der Waals surface area contributed by atoms with Gasteiger partial charge in [-0.15, -0.1) is 6.58 Å². The van der Waals surface area contributed by atoms with Gasteiger partial charge in [0, 0.05) is 19.0 Å². The van der Waals surface area contributed by atoms with Crippen molar-refractivity contribution < 1.29 is 23.1 Å². The van der Waals surface area contributed by atoms with Gasteiger partial charge >= 0.3 is 0 Å². The number of benzene rings is 2. The van der Waals surface area contributed by atoms with Crippen LogP contribution in [0.15, 0.2) is 65.8 Å². The first kappa shape index (κ1) is 22.8. The fourth-order valence-corrected chi connectivity index (χ4v) is 4.40. The van der Waals surface area contributed by atoms with Crippen LogP contribution in [0.5, 0.6) is 5.75 Å². The first-order valence-corrected chi connectivity index (χ1v) is 11.7. The smallest absolute Gasteiger partial charge is 0.273 e. The van der Waals surface area contributed by atoms with Gasteiger partial charge in [-0.25, -0.2) is 9.37 Å². The van der Waals surface area contributed by atoms with E-state index in [1.165, 1.54) is 18.4 Å². The van der Waals surface area contributed by atoms with E-state index in [1.807, 2.05) is 29.2 Å². The molecule has 1 aromatic heterocycles. The van der Waals surface area contributed by atoms with Crippen LogP contribution in [0.25, 0.3) is 0 Å². The van der Waals surface area contributed by atoms with Crippen LogP contribution < -0.4 is 10.1 Å². The summed E-state index contributed by atoms with van der Waals surface area (Å²) in [7, 11) is 0. The highest BCUT2D eigenvalue weighted by atomic mass is 19.1. The normalized spacial score (nSPS) is 16.9. The molecule has 2 heterocycles. The lowest BCUT2D eigenvalue weighted by molar-refractivity contribution is -0.134. The number of hydrogen-bond donors (Lipinski definition) is 1. The molecule has 1 aliphatic carbocycles. The highest BCUT2D eigenvalue weighted by Gasteiger charge is 2.39. The predicted octanol–water partition coefficient (Wildman–Crippen LogP) is 4.19. The van der Waals surface area contributed by atoms with Crippen molar-refractivity contribution in [3.63, 3.8) is 0 Å². The zero-order valence-corrected chi connectivity index (χ0v) is 19.2. The van der Waals surface area contributed by atoms with Crippen molar-refractivity contribution in [1.82, 2.24) is 15.2 Å². The molecule has 2 aromatic carbocycles. The van der Waals surface area contributed by atoms with Crippen molar-refractivity contribution in [3.8, 4) is 5.75 Å². The molecule has 0 radical (unpaired) electrons. The number of aromatic nitrogens is 1. The largest absolute Gasteiger partial charge is 0.484 e. The van der Waals surface area contributed by atoms with Gasteiger partial charge in [-0.1, -0.05) is 24.3 Å². The molecule has 0 saturated heterocycles. The minimum absolute atomic E-state index is 0.0306. The summed E-state index contributed by atoms with van der Waals surface area (Å²) in [5.74, 6) is 0.332. The summed E-state index contributed by atoms with van der Waals surface area (Å²) in [6.45, 7) is 4.52. The quantitative estimate of drug-likeness (QED) is 0.494. The second-order valence-electron chi connectivity index (χ2n) is 8.79. The van der Waals surface area contributed by atoms with Crippen molar-refractivity contribution in [1.29, 1.82) is 0 Å². The van der Waals surface area contributed by atoms with E-state index in [4.69, 9.17) is 9.15 Å². The second-order valence-corrected chi connectivity index (χ2v) is 8.79. The number of carbonyl (C=O) groups excluding carboxylic acids is 2. The molecule has 1 saturated carbocycles. The van der Waals surface area contributed by atoms with Crippen LogP contribution in [0.1, 0.15) is 52.0 Å². The van der Waals surface area contributed by atoms with Crippen LogP contribution in [-0.4, -0.2) is 34.8 Å². The second kappa shape index (κ2) is 9.74. The lowest BCUT2D eigenvalue weighted by Gasteiger charge is -2.38. The molecule has 1 N–H and O–H groups in total. The van der Waals surface area contributed by atoms with Gasteiger partial charge in [0.05, 0.1) is 6.04 Å². The number of hydrogen-bond acceptors (Lipinski definition) is 5. The van der Waals surface area contributed by atoms with Gasteiger partial charge in [-0.05, 0) is 60.2 Å². The molecule has 0 bridgehead atoms. The topological polar surface area (TPSA) is 84.7 Å². The third-order valence-electron chi connectivity index (χ3n) is 6.27. The Morgan fingerprint density at radius 3 is 2.89 bits per heavy atom. The Kier molecular flexibility index (Phi) is 6.35. The van der Waals surface area contributed by atoms with Crippen LogP contribution in [0.2, 0.25) is 0 Å². The van der Waals surface area contributed by atoms with Crippen LogP contribution in [0, 0.1) is 11.7 Å². The molecule has 35 heavy (non-hydrogen) atoms. The van der Waals surface area contributed by atoms with Crippen molar-refractivity contribution in [2.75, 3.05) is 13.1 Å². The molecule has 1 atom stereocenters. The number of oxazole rings is 1. The SMILES string of the molecule is C=CCNC(=O)c1coc(COc2ccc3c(c2)C(c2cccc(F)c2)N(C(=O)C2CC2)CC3)n1. The number of nitrogens with zero attached hydrogens (tertiary/aromatic N) is 2. The van der Waals surface area contributed by atoms with Crippen LogP contribution >= 0.6 is 0 Å². The van der Waals surface area contributed by atoms with Crippen molar-refractivity contribution >= 4 is 11.8 Å². The molecular formula is C27H26FN3O4. The number of nitrogens with one attached hydrogen (secondary N) is 1. The lowest BCUT2D eigenvalue weighted by atomic mass is 9.87. The summed E-state index contributed by atoms with van der Waals surface area (Å²) < 4.78 is 25.4. The monoisotopic (exact) mass is 475 g/mol. The average molecular weight is 476 g/mol. The average Bonchev–Trinajstić information content (AvgIpc) is 3.62.